The summed E-state index contributed by atoms with van der Waals surface area (Å²) in [5, 5.41) is 3.54. The van der Waals surface area contributed by atoms with Gasteiger partial charge in [0.25, 0.3) is 5.91 Å². The van der Waals surface area contributed by atoms with Crippen LogP contribution in [0.3, 0.4) is 0 Å². The maximum Gasteiger partial charge on any atom is 0.254 e. The average Bonchev–Trinajstić information content (AvgIpc) is 3.16. The van der Waals surface area contributed by atoms with Crippen molar-refractivity contribution >= 4 is 21.8 Å². The molecule has 2 saturated heterocycles. The van der Waals surface area contributed by atoms with Crippen molar-refractivity contribution in [1.29, 1.82) is 0 Å². The van der Waals surface area contributed by atoms with Crippen LogP contribution in [-0.2, 0) is 0 Å². The molecule has 4 nitrogen and oxygen atoms in total. The number of carbonyl (C=O) groups is 1. The summed E-state index contributed by atoms with van der Waals surface area (Å²) in [6, 6.07) is 6.37. The molecule has 0 bridgehead atoms. The fourth-order valence-corrected chi connectivity index (χ4v) is 4.01. The normalized spacial score (nSPS) is 25.3. The number of carbonyl (C=O) groups excluding carboxylic acids is 1. The van der Waals surface area contributed by atoms with E-state index in [4.69, 9.17) is 4.74 Å². The minimum Gasteiger partial charge on any atom is -0.496 e. The smallest absolute Gasteiger partial charge is 0.254 e. The van der Waals surface area contributed by atoms with Crippen molar-refractivity contribution in [3.8, 4) is 5.75 Å². The van der Waals surface area contributed by atoms with Gasteiger partial charge >= 0.3 is 0 Å². The van der Waals surface area contributed by atoms with Crippen LogP contribution >= 0.6 is 15.9 Å². The minimum absolute atomic E-state index is 0.134. The third-order valence-corrected chi connectivity index (χ3v) is 5.14. The third-order valence-electron chi connectivity index (χ3n) is 4.52. The number of likely N-dealkylation sites (tertiary alicyclic amines) is 1. The lowest BCUT2D eigenvalue weighted by molar-refractivity contribution is 0.0711. The molecule has 2 aliphatic rings. The molecule has 1 aromatic rings. The number of hydrogen-bond donors (Lipinski definition) is 1. The molecule has 2 heterocycles. The molecule has 21 heavy (non-hydrogen) atoms. The molecule has 0 aliphatic carbocycles. The van der Waals surface area contributed by atoms with E-state index in [1.54, 1.807) is 7.11 Å². The summed E-state index contributed by atoms with van der Waals surface area (Å²) < 4.78 is 6.05. The molecule has 5 heteroatoms. The van der Waals surface area contributed by atoms with Crippen LogP contribution in [0.1, 0.15) is 36.0 Å². The van der Waals surface area contributed by atoms with Gasteiger partial charge in [0.15, 0.2) is 0 Å². The topological polar surface area (TPSA) is 41.6 Å². The maximum absolute atomic E-state index is 12.8. The van der Waals surface area contributed by atoms with Crippen LogP contribution in [0, 0.1) is 0 Å². The Morgan fingerprint density at radius 3 is 2.90 bits per heavy atom. The number of ether oxygens (including phenoxy) is 1. The zero-order valence-electron chi connectivity index (χ0n) is 12.3. The molecule has 2 fully saturated rings. The molecular formula is C16H21BrN2O2. The highest BCUT2D eigenvalue weighted by Gasteiger charge is 2.36. The molecule has 0 spiro atoms. The highest BCUT2D eigenvalue weighted by Crippen LogP contribution is 2.29. The summed E-state index contributed by atoms with van der Waals surface area (Å²) in [5.41, 5.74) is 0.729. The number of hydrogen-bond acceptors (Lipinski definition) is 3. The van der Waals surface area contributed by atoms with Crippen molar-refractivity contribution in [3.63, 3.8) is 0 Å². The second-order valence-corrected chi connectivity index (χ2v) is 6.61. The Kier molecular flexibility index (Phi) is 4.50. The second-order valence-electron chi connectivity index (χ2n) is 5.76. The van der Waals surface area contributed by atoms with Crippen molar-refractivity contribution in [2.75, 3.05) is 20.2 Å². The first-order valence-electron chi connectivity index (χ1n) is 7.58. The van der Waals surface area contributed by atoms with Crippen molar-refractivity contribution in [2.24, 2.45) is 0 Å². The van der Waals surface area contributed by atoms with Crippen LogP contribution in [0.2, 0.25) is 0 Å². The van der Waals surface area contributed by atoms with Gasteiger partial charge in [-0.25, -0.2) is 0 Å². The van der Waals surface area contributed by atoms with E-state index in [2.05, 4.69) is 26.1 Å². The first-order chi connectivity index (χ1) is 10.2. The van der Waals surface area contributed by atoms with Gasteiger partial charge in [-0.05, 0) is 66.4 Å². The predicted octanol–water partition coefficient (Wildman–Crippen LogP) is 2.81. The SMILES string of the molecule is COc1ccc(C(=O)N2CCCC2C2CCCN2)cc1Br. The Labute approximate surface area is 134 Å². The van der Waals surface area contributed by atoms with Gasteiger partial charge in [-0.15, -0.1) is 0 Å². The summed E-state index contributed by atoms with van der Waals surface area (Å²) in [5.74, 6) is 0.886. The number of methoxy groups -OCH3 is 1. The lowest BCUT2D eigenvalue weighted by Crippen LogP contribution is -2.46. The molecule has 1 amide bonds. The first-order valence-corrected chi connectivity index (χ1v) is 8.38. The lowest BCUT2D eigenvalue weighted by atomic mass is 10.0. The number of rotatable bonds is 3. The van der Waals surface area contributed by atoms with E-state index in [1.807, 2.05) is 18.2 Å². The van der Waals surface area contributed by atoms with Crippen LogP contribution in [0.5, 0.6) is 5.75 Å². The standard InChI is InChI=1S/C16H21BrN2O2/c1-21-15-7-6-11(10-12(15)17)16(20)19-9-3-5-14(19)13-4-2-8-18-13/h6-7,10,13-14,18H,2-5,8-9H2,1H3. The van der Waals surface area contributed by atoms with Crippen molar-refractivity contribution in [1.82, 2.24) is 10.2 Å². The lowest BCUT2D eigenvalue weighted by Gasteiger charge is -2.29. The Morgan fingerprint density at radius 1 is 1.38 bits per heavy atom. The molecule has 114 valence electrons. The van der Waals surface area contributed by atoms with E-state index in [9.17, 15) is 4.79 Å². The molecular weight excluding hydrogens is 332 g/mol. The van der Waals surface area contributed by atoms with Crippen molar-refractivity contribution in [3.05, 3.63) is 28.2 Å². The van der Waals surface area contributed by atoms with Crippen LogP contribution in [0.4, 0.5) is 0 Å². The summed E-state index contributed by atoms with van der Waals surface area (Å²) in [6.45, 7) is 1.95. The van der Waals surface area contributed by atoms with Gasteiger partial charge in [0.05, 0.1) is 11.6 Å². The predicted molar refractivity (Wildman–Crippen MR) is 85.8 cm³/mol. The summed E-state index contributed by atoms with van der Waals surface area (Å²) in [6.07, 6.45) is 4.62. The largest absolute Gasteiger partial charge is 0.496 e. The highest BCUT2D eigenvalue weighted by atomic mass is 79.9. The zero-order valence-corrected chi connectivity index (χ0v) is 13.9. The minimum atomic E-state index is 0.134. The number of amides is 1. The van der Waals surface area contributed by atoms with Crippen molar-refractivity contribution < 1.29 is 9.53 Å². The van der Waals surface area contributed by atoms with Gasteiger partial charge in [-0.3, -0.25) is 4.79 Å². The van der Waals surface area contributed by atoms with E-state index < -0.39 is 0 Å². The van der Waals surface area contributed by atoms with Crippen molar-refractivity contribution in [2.45, 2.75) is 37.8 Å². The van der Waals surface area contributed by atoms with Crippen LogP contribution in [0.15, 0.2) is 22.7 Å². The molecule has 2 unspecified atom stereocenters. The Bertz CT molecular complexity index is 529. The molecule has 1 aromatic carbocycles. The zero-order chi connectivity index (χ0) is 14.8. The van der Waals surface area contributed by atoms with Crippen LogP contribution in [-0.4, -0.2) is 43.1 Å². The molecule has 1 N–H and O–H groups in total. The number of nitrogens with one attached hydrogen (secondary N) is 1. The van der Waals surface area contributed by atoms with Crippen LogP contribution in [0.25, 0.3) is 0 Å². The van der Waals surface area contributed by atoms with E-state index >= 15 is 0 Å². The Hall–Kier alpha value is -1.07. The molecule has 0 radical (unpaired) electrons. The summed E-state index contributed by atoms with van der Waals surface area (Å²) in [7, 11) is 1.63. The molecule has 0 aromatic heterocycles. The quantitative estimate of drug-likeness (QED) is 0.909. The Morgan fingerprint density at radius 2 is 2.24 bits per heavy atom. The van der Waals surface area contributed by atoms with Gasteiger partial charge in [-0.1, -0.05) is 0 Å². The van der Waals surface area contributed by atoms with Crippen LogP contribution < -0.4 is 10.1 Å². The molecule has 0 saturated carbocycles. The Balaban J connectivity index is 1.78. The van der Waals surface area contributed by atoms with Gasteiger partial charge in [0.2, 0.25) is 0 Å². The fraction of sp³-hybridized carbons (Fsp3) is 0.562. The third kappa shape index (κ3) is 2.94. The van der Waals surface area contributed by atoms with Gasteiger partial charge in [0.1, 0.15) is 5.75 Å². The number of nitrogens with zero attached hydrogens (tertiary/aromatic N) is 1. The maximum atomic E-state index is 12.8. The van der Waals surface area contributed by atoms with E-state index in [0.717, 1.165) is 41.7 Å². The average molecular weight is 353 g/mol. The fourth-order valence-electron chi connectivity index (χ4n) is 3.47. The number of halogens is 1. The van der Waals surface area contributed by atoms with E-state index in [1.165, 1.54) is 12.8 Å². The van der Waals surface area contributed by atoms with E-state index in [0.29, 0.717) is 12.1 Å². The first kappa shape index (κ1) is 14.9. The molecule has 2 atom stereocenters. The monoisotopic (exact) mass is 352 g/mol. The molecule has 3 rings (SSSR count). The summed E-state index contributed by atoms with van der Waals surface area (Å²) in [4.78, 5) is 14.9. The number of benzene rings is 1. The van der Waals surface area contributed by atoms with Gasteiger partial charge in [-0.2, -0.15) is 0 Å². The second kappa shape index (κ2) is 6.36. The highest BCUT2D eigenvalue weighted by molar-refractivity contribution is 9.10. The van der Waals surface area contributed by atoms with Gasteiger partial charge in [0, 0.05) is 24.2 Å². The van der Waals surface area contributed by atoms with E-state index in [-0.39, 0.29) is 5.91 Å². The summed E-state index contributed by atoms with van der Waals surface area (Å²) >= 11 is 3.46. The molecule has 2 aliphatic heterocycles. The van der Waals surface area contributed by atoms with Gasteiger partial charge < -0.3 is 15.0 Å².